The van der Waals surface area contributed by atoms with Gasteiger partial charge in [0.25, 0.3) is 0 Å². The minimum atomic E-state index is -0.758. The SMILES string of the molecule is CONC(=O)C1CCC(C(=O)C(C)C)CC1O. The summed E-state index contributed by atoms with van der Waals surface area (Å²) in [6.45, 7) is 3.72. The lowest BCUT2D eigenvalue weighted by molar-refractivity contribution is -0.144. The van der Waals surface area contributed by atoms with E-state index in [4.69, 9.17) is 0 Å². The Hall–Kier alpha value is -0.940. The Kier molecular flexibility index (Phi) is 5.08. The van der Waals surface area contributed by atoms with E-state index in [0.717, 1.165) is 0 Å². The molecule has 17 heavy (non-hydrogen) atoms. The maximum atomic E-state index is 11.8. The average molecular weight is 243 g/mol. The summed E-state index contributed by atoms with van der Waals surface area (Å²) in [6.07, 6.45) is 0.806. The van der Waals surface area contributed by atoms with E-state index in [0.29, 0.717) is 19.3 Å². The van der Waals surface area contributed by atoms with E-state index in [1.165, 1.54) is 7.11 Å². The average Bonchev–Trinajstić information content (AvgIpc) is 2.27. The van der Waals surface area contributed by atoms with Gasteiger partial charge in [0.2, 0.25) is 5.91 Å². The molecule has 0 aliphatic heterocycles. The number of Topliss-reactive ketones (excluding diaryl/α,β-unsaturated/α-hetero) is 1. The fraction of sp³-hybridized carbons (Fsp3) is 0.833. The quantitative estimate of drug-likeness (QED) is 0.711. The van der Waals surface area contributed by atoms with Gasteiger partial charge in [-0.1, -0.05) is 13.8 Å². The van der Waals surface area contributed by atoms with Gasteiger partial charge in [0, 0.05) is 11.8 Å². The molecule has 5 heteroatoms. The highest BCUT2D eigenvalue weighted by Gasteiger charge is 2.37. The standard InChI is InChI=1S/C12H21NO4/c1-7(2)11(15)8-4-5-9(10(14)6-8)12(16)13-17-3/h7-10,14H,4-6H2,1-3H3,(H,13,16). The molecule has 1 aliphatic carbocycles. The van der Waals surface area contributed by atoms with Crippen molar-refractivity contribution in [1.29, 1.82) is 0 Å². The zero-order chi connectivity index (χ0) is 13.0. The van der Waals surface area contributed by atoms with Crippen molar-refractivity contribution < 1.29 is 19.5 Å². The highest BCUT2D eigenvalue weighted by Crippen LogP contribution is 2.31. The Morgan fingerprint density at radius 1 is 1.35 bits per heavy atom. The van der Waals surface area contributed by atoms with Gasteiger partial charge in [-0.2, -0.15) is 0 Å². The molecule has 98 valence electrons. The van der Waals surface area contributed by atoms with Crippen molar-refractivity contribution in [2.45, 2.75) is 39.2 Å². The number of rotatable bonds is 4. The van der Waals surface area contributed by atoms with Crippen LogP contribution in [0.15, 0.2) is 0 Å². The van der Waals surface area contributed by atoms with E-state index in [1.54, 1.807) is 0 Å². The summed E-state index contributed by atoms with van der Waals surface area (Å²) < 4.78 is 0. The summed E-state index contributed by atoms with van der Waals surface area (Å²) >= 11 is 0. The lowest BCUT2D eigenvalue weighted by Crippen LogP contribution is -2.42. The van der Waals surface area contributed by atoms with Crippen LogP contribution in [-0.4, -0.2) is 30.0 Å². The molecular weight excluding hydrogens is 222 g/mol. The maximum absolute atomic E-state index is 11.8. The number of hydroxylamine groups is 1. The molecule has 0 spiro atoms. The molecule has 5 nitrogen and oxygen atoms in total. The van der Waals surface area contributed by atoms with Crippen molar-refractivity contribution in [3.05, 3.63) is 0 Å². The van der Waals surface area contributed by atoms with Crippen molar-refractivity contribution in [3.8, 4) is 0 Å². The van der Waals surface area contributed by atoms with Gasteiger partial charge in [-0.05, 0) is 19.3 Å². The first-order valence-corrected chi connectivity index (χ1v) is 6.02. The van der Waals surface area contributed by atoms with Crippen molar-refractivity contribution in [3.63, 3.8) is 0 Å². The van der Waals surface area contributed by atoms with Crippen molar-refractivity contribution in [2.75, 3.05) is 7.11 Å². The lowest BCUT2D eigenvalue weighted by atomic mass is 9.76. The van der Waals surface area contributed by atoms with E-state index in [2.05, 4.69) is 10.3 Å². The molecule has 1 amide bonds. The summed E-state index contributed by atoms with van der Waals surface area (Å²) in [4.78, 5) is 27.9. The fourth-order valence-corrected chi connectivity index (χ4v) is 2.36. The minimum absolute atomic E-state index is 0.0171. The third-order valence-electron chi connectivity index (χ3n) is 3.33. The Labute approximate surface area is 101 Å². The number of ketones is 1. The summed E-state index contributed by atoms with van der Waals surface area (Å²) in [7, 11) is 1.36. The number of carbonyl (C=O) groups excluding carboxylic acids is 2. The van der Waals surface area contributed by atoms with Crippen LogP contribution in [0.3, 0.4) is 0 Å². The first-order valence-electron chi connectivity index (χ1n) is 6.02. The van der Waals surface area contributed by atoms with Gasteiger partial charge < -0.3 is 5.11 Å². The van der Waals surface area contributed by atoms with Crippen LogP contribution in [0.1, 0.15) is 33.1 Å². The van der Waals surface area contributed by atoms with Crippen LogP contribution in [0, 0.1) is 17.8 Å². The van der Waals surface area contributed by atoms with Gasteiger partial charge in [-0.3, -0.25) is 14.4 Å². The zero-order valence-corrected chi connectivity index (χ0v) is 10.6. The summed E-state index contributed by atoms with van der Waals surface area (Å²) in [5.74, 6) is -0.732. The Morgan fingerprint density at radius 3 is 2.47 bits per heavy atom. The Morgan fingerprint density at radius 2 is 2.00 bits per heavy atom. The van der Waals surface area contributed by atoms with E-state index in [9.17, 15) is 14.7 Å². The van der Waals surface area contributed by atoms with Crippen molar-refractivity contribution in [2.24, 2.45) is 17.8 Å². The van der Waals surface area contributed by atoms with Crippen molar-refractivity contribution in [1.82, 2.24) is 5.48 Å². The number of hydrogen-bond acceptors (Lipinski definition) is 4. The maximum Gasteiger partial charge on any atom is 0.249 e. The molecule has 1 rings (SSSR count). The van der Waals surface area contributed by atoms with E-state index < -0.39 is 12.0 Å². The van der Waals surface area contributed by atoms with Gasteiger partial charge in [-0.15, -0.1) is 0 Å². The lowest BCUT2D eigenvalue weighted by Gasteiger charge is -2.31. The van der Waals surface area contributed by atoms with Crippen LogP contribution in [0.5, 0.6) is 0 Å². The zero-order valence-electron chi connectivity index (χ0n) is 10.6. The van der Waals surface area contributed by atoms with Crippen LogP contribution in [0.2, 0.25) is 0 Å². The highest BCUT2D eigenvalue weighted by atomic mass is 16.6. The Bertz CT molecular complexity index is 290. The summed E-state index contributed by atoms with van der Waals surface area (Å²) in [5, 5.41) is 9.90. The third kappa shape index (κ3) is 3.51. The van der Waals surface area contributed by atoms with Crippen LogP contribution in [0.25, 0.3) is 0 Å². The molecule has 0 aromatic carbocycles. The third-order valence-corrected chi connectivity index (χ3v) is 3.33. The predicted octanol–water partition coefficient (Wildman–Crippen LogP) is 0.666. The predicted molar refractivity (Wildman–Crippen MR) is 61.8 cm³/mol. The molecule has 3 unspecified atom stereocenters. The molecule has 0 aromatic rings. The molecule has 0 saturated heterocycles. The largest absolute Gasteiger partial charge is 0.392 e. The summed E-state index contributed by atoms with van der Waals surface area (Å²) in [6, 6.07) is 0. The highest BCUT2D eigenvalue weighted by molar-refractivity contribution is 5.84. The normalized spacial score (nSPS) is 29.1. The molecule has 1 saturated carbocycles. The van der Waals surface area contributed by atoms with Gasteiger partial charge in [0.15, 0.2) is 0 Å². The monoisotopic (exact) mass is 243 g/mol. The van der Waals surface area contributed by atoms with Crippen LogP contribution in [0.4, 0.5) is 0 Å². The first kappa shape index (κ1) is 14.1. The second-order valence-corrected chi connectivity index (χ2v) is 4.91. The van der Waals surface area contributed by atoms with Gasteiger partial charge in [0.05, 0.1) is 19.1 Å². The van der Waals surface area contributed by atoms with E-state index >= 15 is 0 Å². The van der Waals surface area contributed by atoms with Crippen LogP contribution in [-0.2, 0) is 14.4 Å². The smallest absolute Gasteiger partial charge is 0.249 e. The Balaban J connectivity index is 2.55. The second-order valence-electron chi connectivity index (χ2n) is 4.91. The van der Waals surface area contributed by atoms with Crippen molar-refractivity contribution >= 4 is 11.7 Å². The number of carbonyl (C=O) groups is 2. The topological polar surface area (TPSA) is 75.6 Å². The van der Waals surface area contributed by atoms with E-state index in [-0.39, 0.29) is 23.5 Å². The van der Waals surface area contributed by atoms with Gasteiger partial charge >= 0.3 is 0 Å². The van der Waals surface area contributed by atoms with E-state index in [1.807, 2.05) is 13.8 Å². The number of hydrogen-bond donors (Lipinski definition) is 2. The second kappa shape index (κ2) is 6.12. The molecule has 0 aromatic heterocycles. The van der Waals surface area contributed by atoms with Crippen LogP contribution >= 0.6 is 0 Å². The number of nitrogens with one attached hydrogen (secondary N) is 1. The molecule has 2 N–H and O–H groups in total. The van der Waals surface area contributed by atoms with Gasteiger partial charge in [0.1, 0.15) is 5.78 Å². The molecule has 1 aliphatic rings. The molecule has 3 atom stereocenters. The molecule has 0 heterocycles. The molecule has 0 radical (unpaired) electrons. The number of aliphatic hydroxyl groups is 1. The molecule has 1 fully saturated rings. The first-order chi connectivity index (χ1) is 7.97. The molecular formula is C12H21NO4. The van der Waals surface area contributed by atoms with Crippen LogP contribution < -0.4 is 5.48 Å². The molecule has 0 bridgehead atoms. The summed E-state index contributed by atoms with van der Waals surface area (Å²) in [5.41, 5.74) is 2.23. The van der Waals surface area contributed by atoms with Gasteiger partial charge in [-0.25, -0.2) is 5.48 Å². The fourth-order valence-electron chi connectivity index (χ4n) is 2.36. The number of aliphatic hydroxyl groups excluding tert-OH is 1. The number of amides is 1. The minimum Gasteiger partial charge on any atom is -0.392 e.